The van der Waals surface area contributed by atoms with Gasteiger partial charge in [-0.3, -0.25) is 4.98 Å². The predicted octanol–water partition coefficient (Wildman–Crippen LogP) is 2.01. The Morgan fingerprint density at radius 1 is 1.36 bits per heavy atom. The fraction of sp³-hybridized carbons (Fsp3) is 0.167. The van der Waals surface area contributed by atoms with Crippen molar-refractivity contribution in [3.8, 4) is 0 Å². The van der Waals surface area contributed by atoms with E-state index < -0.39 is 11.7 Å². The van der Waals surface area contributed by atoms with E-state index >= 15 is 0 Å². The first-order valence-corrected chi connectivity index (χ1v) is 3.11. The molecule has 5 heteroatoms. The third-order valence-electron chi connectivity index (χ3n) is 1.06. The van der Waals surface area contributed by atoms with E-state index in [-0.39, 0.29) is 5.03 Å². The Morgan fingerprint density at radius 3 is 2.36 bits per heavy atom. The predicted molar refractivity (Wildman–Crippen MR) is 34.9 cm³/mol. The van der Waals surface area contributed by atoms with E-state index in [1.807, 2.05) is 0 Å². The number of nitrogens with zero attached hydrogens (tertiary/aromatic N) is 1. The van der Waals surface area contributed by atoms with Crippen LogP contribution in [0.4, 0.5) is 13.2 Å². The Kier molecular flexibility index (Phi) is 1.99. The van der Waals surface area contributed by atoms with Crippen molar-refractivity contribution in [3.05, 3.63) is 23.9 Å². The molecule has 1 aromatic heterocycles. The molecule has 0 saturated heterocycles. The zero-order valence-corrected chi connectivity index (χ0v) is 6.04. The van der Waals surface area contributed by atoms with Gasteiger partial charge in [-0.1, -0.05) is 11.1 Å². The number of alkyl halides is 3. The van der Waals surface area contributed by atoms with Crippen LogP contribution < -0.4 is 0 Å². The summed E-state index contributed by atoms with van der Waals surface area (Å²) in [4.78, 5) is 3.47. The summed E-state index contributed by atoms with van der Waals surface area (Å²) in [5.41, 5.74) is -0.752. The number of halogens is 3. The summed E-state index contributed by atoms with van der Waals surface area (Å²) in [5.74, 6) is 0. The topological polar surface area (TPSA) is 12.9 Å². The average molecular weight is 178 g/mol. The molecule has 1 rings (SSSR count). The minimum atomic E-state index is -4.32. The minimum Gasteiger partial charge on any atom is -0.760 e. The average Bonchev–Trinajstić information content (AvgIpc) is 1.86. The molecule has 0 aliphatic rings. The van der Waals surface area contributed by atoms with Crippen molar-refractivity contribution < 1.29 is 13.2 Å². The van der Waals surface area contributed by atoms with Crippen molar-refractivity contribution in [2.24, 2.45) is 0 Å². The van der Waals surface area contributed by atoms with Crippen LogP contribution in [0, 0.1) is 0 Å². The van der Waals surface area contributed by atoms with Crippen LogP contribution in [-0.4, -0.2) is 4.98 Å². The molecule has 1 nitrogen and oxygen atoms in total. The molecule has 0 spiro atoms. The zero-order valence-electron chi connectivity index (χ0n) is 5.22. The summed E-state index contributed by atoms with van der Waals surface area (Å²) in [6.07, 6.45) is -3.28. The summed E-state index contributed by atoms with van der Waals surface area (Å²) >= 11 is 4.46. The maximum Gasteiger partial charge on any atom is 0.416 e. The molecule has 1 aromatic rings. The Balaban J connectivity index is 3.06. The van der Waals surface area contributed by atoms with Gasteiger partial charge in [0, 0.05) is 6.20 Å². The van der Waals surface area contributed by atoms with Gasteiger partial charge in [-0.15, -0.1) is 0 Å². The van der Waals surface area contributed by atoms with Gasteiger partial charge in [0.05, 0.1) is 5.56 Å². The van der Waals surface area contributed by atoms with E-state index in [0.717, 1.165) is 18.3 Å². The van der Waals surface area contributed by atoms with Gasteiger partial charge in [0.2, 0.25) is 0 Å². The summed E-state index contributed by atoms with van der Waals surface area (Å²) < 4.78 is 35.7. The van der Waals surface area contributed by atoms with Crippen LogP contribution in [0.2, 0.25) is 0 Å². The van der Waals surface area contributed by atoms with E-state index in [2.05, 4.69) is 17.6 Å². The molecule has 0 N–H and O–H groups in total. The molecule has 0 aliphatic heterocycles. The molecule has 0 aromatic carbocycles. The molecule has 0 atom stereocenters. The lowest BCUT2D eigenvalue weighted by atomic mass is 10.3. The van der Waals surface area contributed by atoms with Gasteiger partial charge in [0.15, 0.2) is 0 Å². The molecule has 0 unspecified atom stereocenters. The highest BCUT2D eigenvalue weighted by Crippen LogP contribution is 2.28. The van der Waals surface area contributed by atoms with Crippen LogP contribution in [0.5, 0.6) is 0 Å². The molecule has 0 amide bonds. The summed E-state index contributed by atoms with van der Waals surface area (Å²) in [7, 11) is 0. The quantitative estimate of drug-likeness (QED) is 0.563. The maximum atomic E-state index is 11.9. The molecule has 0 radical (unpaired) electrons. The van der Waals surface area contributed by atoms with E-state index in [9.17, 15) is 13.2 Å². The van der Waals surface area contributed by atoms with E-state index in [1.165, 1.54) is 0 Å². The van der Waals surface area contributed by atoms with Gasteiger partial charge >= 0.3 is 6.18 Å². The Labute approximate surface area is 66.7 Å². The second-order valence-electron chi connectivity index (χ2n) is 1.88. The van der Waals surface area contributed by atoms with Crippen molar-refractivity contribution >= 4 is 12.6 Å². The number of rotatable bonds is 0. The van der Waals surface area contributed by atoms with Crippen LogP contribution >= 0.6 is 0 Å². The Morgan fingerprint density at radius 2 is 2.00 bits per heavy atom. The minimum absolute atomic E-state index is 0.0418. The van der Waals surface area contributed by atoms with E-state index in [4.69, 9.17) is 0 Å². The maximum absolute atomic E-state index is 11.9. The fourth-order valence-electron chi connectivity index (χ4n) is 0.586. The molecule has 1 heterocycles. The highest BCUT2D eigenvalue weighted by Gasteiger charge is 2.29. The van der Waals surface area contributed by atoms with Gasteiger partial charge in [-0.2, -0.15) is 13.2 Å². The molecule has 0 aliphatic carbocycles. The largest absolute Gasteiger partial charge is 0.760 e. The third kappa shape index (κ3) is 2.04. The monoisotopic (exact) mass is 178 g/mol. The normalized spacial score (nSPS) is 11.5. The summed E-state index contributed by atoms with van der Waals surface area (Å²) in [5, 5.41) is -0.0418. The van der Waals surface area contributed by atoms with Crippen LogP contribution in [-0.2, 0) is 18.8 Å². The molecule has 0 fully saturated rings. The first kappa shape index (κ1) is 8.26. The highest BCUT2D eigenvalue weighted by molar-refractivity contribution is 7.58. The van der Waals surface area contributed by atoms with Crippen LogP contribution in [0.15, 0.2) is 23.4 Å². The number of pyridine rings is 1. The molecular weight excluding hydrogens is 175 g/mol. The van der Waals surface area contributed by atoms with Crippen molar-refractivity contribution in [1.29, 1.82) is 0 Å². The lowest BCUT2D eigenvalue weighted by molar-refractivity contribution is -0.137. The molecule has 11 heavy (non-hydrogen) atoms. The second kappa shape index (κ2) is 2.65. The molecule has 60 valence electrons. The van der Waals surface area contributed by atoms with Gasteiger partial charge < -0.3 is 12.6 Å². The molecule has 0 bridgehead atoms. The lowest BCUT2D eigenvalue weighted by Gasteiger charge is -2.09. The second-order valence-corrected chi connectivity index (χ2v) is 2.30. The molecule has 0 saturated carbocycles. The van der Waals surface area contributed by atoms with Gasteiger partial charge in [0.25, 0.3) is 0 Å². The summed E-state index contributed by atoms with van der Waals surface area (Å²) in [6.45, 7) is 0. The van der Waals surface area contributed by atoms with Crippen molar-refractivity contribution in [1.82, 2.24) is 4.98 Å². The first-order chi connectivity index (χ1) is 5.00. The lowest BCUT2D eigenvalue weighted by Crippen LogP contribution is -2.04. The number of hydrogen-bond acceptors (Lipinski definition) is 2. The van der Waals surface area contributed by atoms with Crippen molar-refractivity contribution in [2.75, 3.05) is 0 Å². The smallest absolute Gasteiger partial charge is 0.416 e. The van der Waals surface area contributed by atoms with Crippen LogP contribution in [0.25, 0.3) is 0 Å². The van der Waals surface area contributed by atoms with Crippen molar-refractivity contribution in [2.45, 2.75) is 11.2 Å². The van der Waals surface area contributed by atoms with Gasteiger partial charge in [0.1, 0.15) is 0 Å². The Hall–Kier alpha value is -0.840. The number of hydrogen-bond donors (Lipinski definition) is 0. The van der Waals surface area contributed by atoms with Crippen molar-refractivity contribution in [3.63, 3.8) is 0 Å². The first-order valence-electron chi connectivity index (χ1n) is 2.70. The Bertz CT molecular complexity index is 258. The van der Waals surface area contributed by atoms with Crippen LogP contribution in [0.1, 0.15) is 5.56 Å². The van der Waals surface area contributed by atoms with Gasteiger partial charge in [-0.05, 0) is 6.07 Å². The van der Waals surface area contributed by atoms with Crippen LogP contribution in [0.3, 0.4) is 0 Å². The van der Waals surface area contributed by atoms with E-state index in [0.29, 0.717) is 0 Å². The van der Waals surface area contributed by atoms with E-state index in [1.54, 1.807) is 0 Å². The molecular formula is C6H3F3NS-. The number of aromatic nitrogens is 1. The summed E-state index contributed by atoms with van der Waals surface area (Å²) in [6, 6.07) is 1.71. The SMILES string of the molecule is FC(F)(F)c1ccnc([S-])c1. The zero-order chi connectivity index (χ0) is 8.48. The highest BCUT2D eigenvalue weighted by atomic mass is 32.1. The third-order valence-corrected chi connectivity index (χ3v) is 1.29. The fourth-order valence-corrected chi connectivity index (χ4v) is 0.774. The standard InChI is InChI=1S/C6H4F3NS/c7-6(8,9)4-1-2-10-5(11)3-4/h1-3H,(H,10,11)/p-1. The van der Waals surface area contributed by atoms with Gasteiger partial charge in [-0.25, -0.2) is 0 Å².